The molecule has 1 aliphatic rings. The molecule has 0 atom stereocenters. The molecule has 0 saturated heterocycles. The summed E-state index contributed by atoms with van der Waals surface area (Å²) in [5.41, 5.74) is 1.54. The van der Waals surface area contributed by atoms with Gasteiger partial charge in [0.15, 0.2) is 0 Å². The van der Waals surface area contributed by atoms with Crippen molar-refractivity contribution in [2.45, 2.75) is 12.8 Å². The van der Waals surface area contributed by atoms with Crippen LogP contribution < -0.4 is 4.90 Å². The maximum absolute atomic E-state index is 12.3. The summed E-state index contributed by atoms with van der Waals surface area (Å²) < 4.78 is 40.7. The van der Waals surface area contributed by atoms with E-state index in [1.54, 1.807) is 24.3 Å². The second kappa shape index (κ2) is 6.09. The van der Waals surface area contributed by atoms with Crippen LogP contribution in [-0.4, -0.2) is 24.6 Å². The van der Waals surface area contributed by atoms with Crippen molar-refractivity contribution in [3.63, 3.8) is 0 Å². The molecule has 3 rings (SSSR count). The largest absolute Gasteiger partial charge is 0.411 e. The van der Waals surface area contributed by atoms with Crippen molar-refractivity contribution in [1.29, 1.82) is 0 Å². The van der Waals surface area contributed by atoms with Crippen LogP contribution in [0.3, 0.4) is 0 Å². The van der Waals surface area contributed by atoms with Crippen LogP contribution >= 0.6 is 0 Å². The third-order valence-corrected chi connectivity index (χ3v) is 3.52. The maximum Gasteiger partial charge on any atom is 0.411 e. The number of fused-ring (bicyclic) bond motifs is 1. The van der Waals surface area contributed by atoms with Crippen molar-refractivity contribution in [3.05, 3.63) is 65.2 Å². The van der Waals surface area contributed by atoms with E-state index in [0.717, 1.165) is 4.90 Å². The molecule has 0 spiro atoms. The number of hydrogen-bond donors (Lipinski definition) is 0. The van der Waals surface area contributed by atoms with Crippen LogP contribution in [0, 0.1) is 0 Å². The van der Waals surface area contributed by atoms with Crippen molar-refractivity contribution >= 4 is 17.5 Å². The number of carbonyl (C=O) groups is 2. The molecule has 0 aromatic heterocycles. The second-order valence-electron chi connectivity index (χ2n) is 5.27. The number of ether oxygens (including phenoxy) is 1. The summed E-state index contributed by atoms with van der Waals surface area (Å²) in [6.45, 7) is -1.53. The molecule has 2 aromatic carbocycles. The highest BCUT2D eigenvalue weighted by Crippen LogP contribution is 2.28. The number of halogens is 3. The highest BCUT2D eigenvalue weighted by atomic mass is 19.4. The Balaban J connectivity index is 1.73. The summed E-state index contributed by atoms with van der Waals surface area (Å²) in [5.74, 6) is -0.839. The van der Waals surface area contributed by atoms with E-state index in [1.807, 2.05) is 0 Å². The SMILES string of the molecule is O=C1c2ccccc2C(=O)N1c1ccc(COCC(F)(F)F)cc1. The molecule has 2 amide bonds. The molecule has 0 radical (unpaired) electrons. The van der Waals surface area contributed by atoms with Crippen LogP contribution in [0.15, 0.2) is 48.5 Å². The van der Waals surface area contributed by atoms with Gasteiger partial charge in [-0.1, -0.05) is 24.3 Å². The molecule has 0 bridgehead atoms. The Labute approximate surface area is 135 Å². The van der Waals surface area contributed by atoms with Gasteiger partial charge >= 0.3 is 6.18 Å². The summed E-state index contributed by atoms with van der Waals surface area (Å²) in [5, 5.41) is 0. The first-order valence-electron chi connectivity index (χ1n) is 7.08. The number of benzene rings is 2. The fourth-order valence-corrected chi connectivity index (χ4v) is 2.45. The molecular weight excluding hydrogens is 323 g/mol. The average Bonchev–Trinajstić information content (AvgIpc) is 2.79. The fraction of sp³-hybridized carbons (Fsp3) is 0.176. The minimum atomic E-state index is -4.37. The molecule has 24 heavy (non-hydrogen) atoms. The summed E-state index contributed by atoms with van der Waals surface area (Å²) in [6.07, 6.45) is -4.37. The number of carbonyl (C=O) groups excluding carboxylic acids is 2. The van der Waals surface area contributed by atoms with E-state index in [2.05, 4.69) is 4.74 Å². The zero-order valence-electron chi connectivity index (χ0n) is 12.3. The minimum Gasteiger partial charge on any atom is -0.367 e. The smallest absolute Gasteiger partial charge is 0.367 e. The normalized spacial score (nSPS) is 14.2. The highest BCUT2D eigenvalue weighted by molar-refractivity contribution is 6.34. The van der Waals surface area contributed by atoms with Gasteiger partial charge in [-0.3, -0.25) is 9.59 Å². The van der Waals surface area contributed by atoms with E-state index < -0.39 is 24.6 Å². The van der Waals surface area contributed by atoms with Crippen molar-refractivity contribution in [2.75, 3.05) is 11.5 Å². The first-order chi connectivity index (χ1) is 11.4. The Morgan fingerprint density at radius 2 is 1.42 bits per heavy atom. The number of rotatable bonds is 4. The van der Waals surface area contributed by atoms with Gasteiger partial charge in [-0.05, 0) is 29.8 Å². The standard InChI is InChI=1S/C17H12F3NO3/c18-17(19,20)10-24-9-11-5-7-12(8-6-11)21-15(22)13-3-1-2-4-14(13)16(21)23/h1-8H,9-10H2. The topological polar surface area (TPSA) is 46.6 Å². The number of nitrogens with zero attached hydrogens (tertiary/aromatic N) is 1. The van der Waals surface area contributed by atoms with E-state index >= 15 is 0 Å². The lowest BCUT2D eigenvalue weighted by atomic mass is 10.1. The zero-order valence-corrected chi connectivity index (χ0v) is 12.3. The van der Waals surface area contributed by atoms with Gasteiger partial charge in [0.2, 0.25) is 0 Å². The molecule has 0 fully saturated rings. The van der Waals surface area contributed by atoms with Gasteiger partial charge in [-0.15, -0.1) is 0 Å². The van der Waals surface area contributed by atoms with E-state index in [4.69, 9.17) is 0 Å². The lowest BCUT2D eigenvalue weighted by molar-refractivity contribution is -0.176. The van der Waals surface area contributed by atoms with Gasteiger partial charge in [0.25, 0.3) is 11.8 Å². The molecule has 1 heterocycles. The van der Waals surface area contributed by atoms with Gasteiger partial charge < -0.3 is 4.74 Å². The van der Waals surface area contributed by atoms with Crippen LogP contribution in [-0.2, 0) is 11.3 Å². The Morgan fingerprint density at radius 1 is 0.875 bits per heavy atom. The Morgan fingerprint density at radius 3 is 1.92 bits per heavy atom. The molecular formula is C17H12F3NO3. The minimum absolute atomic E-state index is 0.206. The van der Waals surface area contributed by atoms with Gasteiger partial charge in [0, 0.05) is 0 Å². The van der Waals surface area contributed by atoms with Crippen molar-refractivity contribution in [3.8, 4) is 0 Å². The Kier molecular flexibility index (Phi) is 4.11. The third-order valence-electron chi connectivity index (χ3n) is 3.52. The molecule has 0 unspecified atom stereocenters. The lowest BCUT2D eigenvalue weighted by Crippen LogP contribution is -2.29. The number of amides is 2. The predicted molar refractivity (Wildman–Crippen MR) is 79.7 cm³/mol. The van der Waals surface area contributed by atoms with E-state index in [0.29, 0.717) is 22.4 Å². The van der Waals surface area contributed by atoms with E-state index in [9.17, 15) is 22.8 Å². The number of hydrogen-bond acceptors (Lipinski definition) is 3. The van der Waals surface area contributed by atoms with E-state index in [-0.39, 0.29) is 6.61 Å². The number of alkyl halides is 3. The monoisotopic (exact) mass is 335 g/mol. The quantitative estimate of drug-likeness (QED) is 0.803. The van der Waals surface area contributed by atoms with Crippen molar-refractivity contribution in [1.82, 2.24) is 0 Å². The highest BCUT2D eigenvalue weighted by Gasteiger charge is 2.36. The van der Waals surface area contributed by atoms with Crippen LogP contribution in [0.2, 0.25) is 0 Å². The number of anilines is 1. The van der Waals surface area contributed by atoms with Crippen LogP contribution in [0.4, 0.5) is 18.9 Å². The molecule has 0 N–H and O–H groups in total. The molecule has 0 saturated carbocycles. The molecule has 1 aliphatic heterocycles. The van der Waals surface area contributed by atoms with Gasteiger partial charge in [0.1, 0.15) is 6.61 Å². The molecule has 7 heteroatoms. The van der Waals surface area contributed by atoms with E-state index in [1.165, 1.54) is 24.3 Å². The molecule has 2 aromatic rings. The lowest BCUT2D eigenvalue weighted by Gasteiger charge is -2.14. The Hall–Kier alpha value is -2.67. The summed E-state index contributed by atoms with van der Waals surface area (Å²) >= 11 is 0. The molecule has 0 aliphatic carbocycles. The average molecular weight is 335 g/mol. The first kappa shape index (κ1) is 16.2. The maximum atomic E-state index is 12.3. The van der Waals surface area contributed by atoms with Gasteiger partial charge in [-0.25, -0.2) is 4.90 Å². The second-order valence-corrected chi connectivity index (χ2v) is 5.27. The summed E-state index contributed by atoms with van der Waals surface area (Å²) in [7, 11) is 0. The summed E-state index contributed by atoms with van der Waals surface area (Å²) in [4.78, 5) is 25.7. The first-order valence-corrected chi connectivity index (χ1v) is 7.08. The molecule has 4 nitrogen and oxygen atoms in total. The van der Waals surface area contributed by atoms with Crippen LogP contribution in [0.1, 0.15) is 26.3 Å². The number of imide groups is 1. The fourth-order valence-electron chi connectivity index (χ4n) is 2.45. The third kappa shape index (κ3) is 3.16. The molecule has 124 valence electrons. The zero-order chi connectivity index (χ0) is 17.3. The van der Waals surface area contributed by atoms with Gasteiger partial charge in [-0.2, -0.15) is 13.2 Å². The Bertz CT molecular complexity index is 749. The van der Waals surface area contributed by atoms with Crippen LogP contribution in [0.25, 0.3) is 0 Å². The predicted octanol–water partition coefficient (Wildman–Crippen LogP) is 3.57. The van der Waals surface area contributed by atoms with Crippen molar-refractivity contribution < 1.29 is 27.5 Å². The summed E-state index contributed by atoms with van der Waals surface area (Å²) in [6, 6.07) is 12.6. The van der Waals surface area contributed by atoms with Crippen LogP contribution in [0.5, 0.6) is 0 Å². The van der Waals surface area contributed by atoms with Crippen molar-refractivity contribution in [2.24, 2.45) is 0 Å². The van der Waals surface area contributed by atoms with Gasteiger partial charge in [0.05, 0.1) is 23.4 Å².